The number of ether oxygens (including phenoxy) is 1. The van der Waals surface area contributed by atoms with Crippen LogP contribution in [0.25, 0.3) is 6.08 Å². The average Bonchev–Trinajstić information content (AvgIpc) is 3.22. The quantitative estimate of drug-likeness (QED) is 0.291. The predicted octanol–water partition coefficient (Wildman–Crippen LogP) is 2.58. The number of carbonyl (C=O) groups is 2. The smallest absolute Gasteiger partial charge is 0.339 e. The van der Waals surface area contributed by atoms with Crippen molar-refractivity contribution in [2.45, 2.75) is 24.3 Å². The van der Waals surface area contributed by atoms with Crippen molar-refractivity contribution in [2.24, 2.45) is 5.73 Å². The zero-order chi connectivity index (χ0) is 22.4. The van der Waals surface area contributed by atoms with E-state index in [0.29, 0.717) is 34.7 Å². The van der Waals surface area contributed by atoms with Crippen molar-refractivity contribution in [3.8, 4) is 0 Å². The summed E-state index contributed by atoms with van der Waals surface area (Å²) in [4.78, 5) is 26.0. The van der Waals surface area contributed by atoms with E-state index in [4.69, 9.17) is 10.5 Å². The SMILES string of the molecule is Cc1ccc(C(=O)OCN(C)/C=C\c2c(C=O)cccc2[S+]([O-])N2CCC(N)C2)cc1. The van der Waals surface area contributed by atoms with Gasteiger partial charge >= 0.3 is 5.97 Å². The lowest BCUT2D eigenvalue weighted by Gasteiger charge is -2.21. The van der Waals surface area contributed by atoms with Crippen molar-refractivity contribution >= 4 is 29.7 Å². The Labute approximate surface area is 185 Å². The van der Waals surface area contributed by atoms with E-state index in [-0.39, 0.29) is 12.8 Å². The number of hydrogen-bond acceptors (Lipinski definition) is 7. The maximum absolute atomic E-state index is 13.1. The molecular weight excluding hydrogens is 414 g/mol. The number of carbonyl (C=O) groups excluding carboxylic acids is 2. The molecule has 0 aliphatic carbocycles. The summed E-state index contributed by atoms with van der Waals surface area (Å²) in [6.45, 7) is 3.18. The molecule has 2 aromatic carbocycles. The summed E-state index contributed by atoms with van der Waals surface area (Å²) in [5.74, 6) is -0.416. The Morgan fingerprint density at radius 3 is 2.71 bits per heavy atom. The lowest BCUT2D eigenvalue weighted by molar-refractivity contribution is 0.0351. The summed E-state index contributed by atoms with van der Waals surface area (Å²) in [6.07, 6.45) is 4.95. The number of hydrogen-bond donors (Lipinski definition) is 1. The molecule has 1 aliphatic rings. The normalized spacial score (nSPS) is 17.6. The molecule has 2 N–H and O–H groups in total. The highest BCUT2D eigenvalue weighted by atomic mass is 32.2. The van der Waals surface area contributed by atoms with Crippen LogP contribution in [0.5, 0.6) is 0 Å². The molecule has 1 aliphatic heterocycles. The molecule has 31 heavy (non-hydrogen) atoms. The maximum atomic E-state index is 13.1. The largest absolute Gasteiger partial charge is 0.593 e. The van der Waals surface area contributed by atoms with Crippen molar-refractivity contribution in [1.82, 2.24) is 9.21 Å². The lowest BCUT2D eigenvalue weighted by Crippen LogP contribution is -2.32. The van der Waals surface area contributed by atoms with E-state index in [2.05, 4.69) is 0 Å². The van der Waals surface area contributed by atoms with Gasteiger partial charge in [-0.1, -0.05) is 29.8 Å². The maximum Gasteiger partial charge on any atom is 0.339 e. The Morgan fingerprint density at radius 2 is 2.06 bits per heavy atom. The molecule has 164 valence electrons. The summed E-state index contributed by atoms with van der Waals surface area (Å²) in [5, 5.41) is 0. The number of aryl methyl sites for hydroxylation is 1. The number of nitrogens with two attached hydrogens (primary N) is 1. The highest BCUT2D eigenvalue weighted by Gasteiger charge is 2.31. The van der Waals surface area contributed by atoms with Crippen LogP contribution in [0.1, 0.15) is 38.3 Å². The summed E-state index contributed by atoms with van der Waals surface area (Å²) >= 11 is -1.42. The van der Waals surface area contributed by atoms with Gasteiger partial charge in [-0.2, -0.15) is 0 Å². The van der Waals surface area contributed by atoms with Crippen LogP contribution in [0.2, 0.25) is 0 Å². The van der Waals surface area contributed by atoms with Crippen LogP contribution in [0.3, 0.4) is 0 Å². The van der Waals surface area contributed by atoms with E-state index in [9.17, 15) is 14.1 Å². The van der Waals surface area contributed by atoms with Crippen molar-refractivity contribution in [3.63, 3.8) is 0 Å². The van der Waals surface area contributed by atoms with Gasteiger partial charge in [0, 0.05) is 37.0 Å². The number of aldehydes is 1. The highest BCUT2D eigenvalue weighted by molar-refractivity contribution is 7.89. The molecule has 8 heteroatoms. The fourth-order valence-corrected chi connectivity index (χ4v) is 4.66. The molecule has 0 saturated carbocycles. The van der Waals surface area contributed by atoms with Crippen LogP contribution in [-0.2, 0) is 16.1 Å². The van der Waals surface area contributed by atoms with Crippen molar-refractivity contribution in [1.29, 1.82) is 0 Å². The van der Waals surface area contributed by atoms with Gasteiger partial charge in [0.25, 0.3) is 0 Å². The summed E-state index contributed by atoms with van der Waals surface area (Å²) < 4.78 is 20.2. The van der Waals surface area contributed by atoms with Gasteiger partial charge < -0.3 is 19.9 Å². The minimum Gasteiger partial charge on any atom is -0.593 e. The number of esters is 1. The molecule has 0 spiro atoms. The molecule has 2 aromatic rings. The van der Waals surface area contributed by atoms with Gasteiger partial charge in [0.15, 0.2) is 17.9 Å². The summed E-state index contributed by atoms with van der Waals surface area (Å²) in [7, 11) is 1.75. The van der Waals surface area contributed by atoms with E-state index in [0.717, 1.165) is 18.3 Å². The first-order chi connectivity index (χ1) is 14.9. The summed E-state index contributed by atoms with van der Waals surface area (Å²) in [6, 6.07) is 12.3. The van der Waals surface area contributed by atoms with Crippen LogP contribution in [-0.4, -0.2) is 58.9 Å². The van der Waals surface area contributed by atoms with E-state index < -0.39 is 17.3 Å². The van der Waals surface area contributed by atoms with Gasteiger partial charge in [0.1, 0.15) is 0 Å². The Bertz CT molecular complexity index is 948. The zero-order valence-electron chi connectivity index (χ0n) is 17.7. The zero-order valence-corrected chi connectivity index (χ0v) is 18.5. The Balaban J connectivity index is 1.69. The van der Waals surface area contributed by atoms with Gasteiger partial charge in [-0.05, 0) is 37.6 Å². The Morgan fingerprint density at radius 1 is 1.32 bits per heavy atom. The van der Waals surface area contributed by atoms with Gasteiger partial charge in [0.05, 0.1) is 23.5 Å². The second-order valence-electron chi connectivity index (χ2n) is 7.56. The average molecular weight is 442 g/mol. The fraction of sp³-hybridized carbons (Fsp3) is 0.304. The van der Waals surface area contributed by atoms with Crippen molar-refractivity contribution < 1.29 is 18.9 Å². The number of nitrogens with zero attached hydrogens (tertiary/aromatic N) is 2. The van der Waals surface area contributed by atoms with Gasteiger partial charge in [-0.3, -0.25) is 4.79 Å². The minimum absolute atomic E-state index is 0.00606. The van der Waals surface area contributed by atoms with E-state index in [1.165, 1.54) is 0 Å². The van der Waals surface area contributed by atoms with Crippen LogP contribution >= 0.6 is 0 Å². The monoisotopic (exact) mass is 441 g/mol. The molecule has 1 saturated heterocycles. The molecule has 0 aromatic heterocycles. The highest BCUT2D eigenvalue weighted by Crippen LogP contribution is 2.26. The molecule has 1 heterocycles. The molecule has 7 nitrogen and oxygen atoms in total. The molecule has 3 rings (SSSR count). The van der Waals surface area contributed by atoms with Crippen molar-refractivity contribution in [2.75, 3.05) is 26.9 Å². The number of rotatable bonds is 8. The Hall–Kier alpha value is -2.65. The standard InChI is InChI=1S/C23H27N3O4S/c1-17-6-8-18(9-7-17)23(28)30-16-25(2)12-11-21-19(15-27)4-3-5-22(21)31(29)26-13-10-20(24)14-26/h3-9,11-12,15,20H,10,13-14,16,24H2,1-2H3/b12-11-. The van der Waals surface area contributed by atoms with Crippen LogP contribution in [0.15, 0.2) is 53.6 Å². The molecule has 0 radical (unpaired) electrons. The predicted molar refractivity (Wildman–Crippen MR) is 121 cm³/mol. The van der Waals surface area contributed by atoms with Crippen LogP contribution in [0, 0.1) is 6.92 Å². The van der Waals surface area contributed by atoms with Gasteiger partial charge in [-0.15, -0.1) is 4.31 Å². The molecule has 2 atom stereocenters. The first-order valence-electron chi connectivity index (χ1n) is 10.0. The van der Waals surface area contributed by atoms with E-state index in [1.54, 1.807) is 54.6 Å². The van der Waals surface area contributed by atoms with Crippen molar-refractivity contribution in [3.05, 3.63) is 70.9 Å². The third kappa shape index (κ3) is 5.95. The lowest BCUT2D eigenvalue weighted by atomic mass is 10.1. The number of benzene rings is 2. The van der Waals surface area contributed by atoms with Gasteiger partial charge in [0.2, 0.25) is 0 Å². The van der Waals surface area contributed by atoms with Crippen LogP contribution in [0.4, 0.5) is 0 Å². The molecule has 2 unspecified atom stereocenters. The third-order valence-corrected chi connectivity index (χ3v) is 6.55. The minimum atomic E-state index is -1.42. The van der Waals surface area contributed by atoms with Crippen LogP contribution < -0.4 is 5.73 Å². The molecule has 0 bridgehead atoms. The summed E-state index contributed by atoms with van der Waals surface area (Å²) in [5.41, 5.74) is 8.51. The fourth-order valence-electron chi connectivity index (χ4n) is 3.22. The van der Waals surface area contributed by atoms with Gasteiger partial charge in [-0.25, -0.2) is 4.79 Å². The first-order valence-corrected chi connectivity index (χ1v) is 11.1. The third-order valence-electron chi connectivity index (χ3n) is 5.02. The molecular formula is C23H27N3O4S. The first kappa shape index (κ1) is 23.0. The van der Waals surface area contributed by atoms with E-state index in [1.807, 2.05) is 23.4 Å². The second kappa shape index (κ2) is 10.6. The molecule has 0 amide bonds. The van der Waals surface area contributed by atoms with E-state index >= 15 is 0 Å². The topological polar surface area (TPSA) is 98.9 Å². The molecule has 1 fully saturated rings. The Kier molecular flexibility index (Phi) is 7.86. The second-order valence-corrected chi connectivity index (χ2v) is 9.02.